The summed E-state index contributed by atoms with van der Waals surface area (Å²) in [4.78, 5) is 25.1. The minimum absolute atomic E-state index is 0.0814. The predicted octanol–water partition coefficient (Wildman–Crippen LogP) is -0.683. The van der Waals surface area contributed by atoms with Crippen molar-refractivity contribution in [1.82, 2.24) is 10.2 Å². The molecular weight excluding hydrogens is 278 g/mol. The fourth-order valence-corrected chi connectivity index (χ4v) is 2.81. The van der Waals surface area contributed by atoms with E-state index in [1.165, 1.54) is 11.3 Å². The molecule has 1 saturated heterocycles. The van der Waals surface area contributed by atoms with Crippen LogP contribution in [0.25, 0.3) is 0 Å². The van der Waals surface area contributed by atoms with Gasteiger partial charge in [-0.1, -0.05) is 0 Å². The number of carbonyl (C=O) groups is 2. The molecule has 1 fully saturated rings. The second kappa shape index (κ2) is 6.47. The summed E-state index contributed by atoms with van der Waals surface area (Å²) in [6.07, 6.45) is 0. The van der Waals surface area contributed by atoms with Crippen LogP contribution in [0.4, 0.5) is 5.00 Å². The van der Waals surface area contributed by atoms with Gasteiger partial charge in [-0.15, -0.1) is 11.3 Å². The number of nitrogens with one attached hydrogen (secondary N) is 2. The Bertz CT molecular complexity index is 550. The number of hydrogen-bond donors (Lipinski definition) is 3. The van der Waals surface area contributed by atoms with Gasteiger partial charge in [0.2, 0.25) is 11.8 Å². The van der Waals surface area contributed by atoms with Crippen molar-refractivity contribution >= 4 is 28.2 Å². The Balaban J connectivity index is 1.97. The number of rotatable bonds is 4. The second-order valence-corrected chi connectivity index (χ2v) is 5.33. The number of carbonyl (C=O) groups excluding carboxylic acids is 2. The Morgan fingerprint density at radius 3 is 3.15 bits per heavy atom. The highest BCUT2D eigenvalue weighted by molar-refractivity contribution is 7.14. The fraction of sp³-hybridized carbons (Fsp3) is 0.417. The van der Waals surface area contributed by atoms with Gasteiger partial charge in [-0.3, -0.25) is 14.5 Å². The van der Waals surface area contributed by atoms with Gasteiger partial charge < -0.3 is 16.4 Å². The molecule has 0 radical (unpaired) electrons. The van der Waals surface area contributed by atoms with Gasteiger partial charge in [-0.2, -0.15) is 5.26 Å². The highest BCUT2D eigenvalue weighted by Crippen LogP contribution is 2.22. The monoisotopic (exact) mass is 293 g/mol. The van der Waals surface area contributed by atoms with Crippen molar-refractivity contribution in [3.63, 3.8) is 0 Å². The van der Waals surface area contributed by atoms with Crippen molar-refractivity contribution in [1.29, 1.82) is 5.26 Å². The van der Waals surface area contributed by atoms with Crippen molar-refractivity contribution in [3.8, 4) is 6.07 Å². The van der Waals surface area contributed by atoms with Gasteiger partial charge >= 0.3 is 0 Å². The minimum atomic E-state index is -0.478. The molecule has 106 valence electrons. The van der Waals surface area contributed by atoms with E-state index in [9.17, 15) is 9.59 Å². The molecule has 8 heteroatoms. The molecule has 1 aliphatic rings. The van der Waals surface area contributed by atoms with E-state index in [2.05, 4.69) is 10.6 Å². The van der Waals surface area contributed by atoms with Crippen molar-refractivity contribution in [2.75, 3.05) is 31.5 Å². The van der Waals surface area contributed by atoms with Gasteiger partial charge in [0.05, 0.1) is 12.1 Å². The quantitative estimate of drug-likeness (QED) is 0.681. The lowest BCUT2D eigenvalue weighted by atomic mass is 10.2. The first-order valence-corrected chi connectivity index (χ1v) is 7.01. The molecular formula is C12H15N5O2S. The maximum absolute atomic E-state index is 12.0. The summed E-state index contributed by atoms with van der Waals surface area (Å²) in [5.41, 5.74) is 5.76. The third kappa shape index (κ3) is 3.33. The average Bonchev–Trinajstić information content (AvgIpc) is 2.86. The number of hydrogen-bond acceptors (Lipinski definition) is 6. The Morgan fingerprint density at radius 1 is 1.65 bits per heavy atom. The van der Waals surface area contributed by atoms with E-state index >= 15 is 0 Å². The zero-order valence-corrected chi connectivity index (χ0v) is 11.6. The normalized spacial score (nSPS) is 19.2. The maximum Gasteiger partial charge on any atom is 0.239 e. The molecule has 1 aromatic heterocycles. The zero-order valence-electron chi connectivity index (χ0n) is 10.8. The van der Waals surface area contributed by atoms with Crippen molar-refractivity contribution in [3.05, 3.63) is 17.0 Å². The predicted molar refractivity (Wildman–Crippen MR) is 75.1 cm³/mol. The smallest absolute Gasteiger partial charge is 0.239 e. The number of nitrogens with two attached hydrogens (primary N) is 1. The topological polar surface area (TPSA) is 111 Å². The van der Waals surface area contributed by atoms with E-state index in [0.717, 1.165) is 0 Å². The number of nitrogens with zero attached hydrogens (tertiary/aromatic N) is 2. The second-order valence-electron chi connectivity index (χ2n) is 4.42. The van der Waals surface area contributed by atoms with Crippen LogP contribution in [0, 0.1) is 11.3 Å². The number of thiophene rings is 1. The Hall–Kier alpha value is -1.95. The van der Waals surface area contributed by atoms with Crippen LogP contribution in [0.2, 0.25) is 0 Å². The van der Waals surface area contributed by atoms with E-state index < -0.39 is 11.9 Å². The van der Waals surface area contributed by atoms with Crippen LogP contribution >= 0.6 is 11.3 Å². The van der Waals surface area contributed by atoms with Crippen LogP contribution in [-0.4, -0.2) is 48.9 Å². The third-order valence-corrected chi connectivity index (χ3v) is 3.90. The average molecular weight is 293 g/mol. The number of primary amides is 1. The summed E-state index contributed by atoms with van der Waals surface area (Å²) in [6.45, 7) is 1.82. The van der Waals surface area contributed by atoms with Crippen LogP contribution in [0.1, 0.15) is 5.56 Å². The molecule has 4 N–H and O–H groups in total. The van der Waals surface area contributed by atoms with Gasteiger partial charge in [-0.05, 0) is 11.4 Å². The van der Waals surface area contributed by atoms with E-state index in [-0.39, 0.29) is 12.5 Å². The van der Waals surface area contributed by atoms with E-state index in [0.29, 0.717) is 30.2 Å². The van der Waals surface area contributed by atoms with Gasteiger partial charge in [0.25, 0.3) is 0 Å². The zero-order chi connectivity index (χ0) is 14.5. The molecule has 0 spiro atoms. The molecule has 2 amide bonds. The lowest BCUT2D eigenvalue weighted by Gasteiger charge is -2.33. The first kappa shape index (κ1) is 14.5. The van der Waals surface area contributed by atoms with Gasteiger partial charge in [0.1, 0.15) is 17.1 Å². The number of nitriles is 1. The molecule has 0 bridgehead atoms. The molecule has 7 nitrogen and oxygen atoms in total. The molecule has 1 unspecified atom stereocenters. The van der Waals surface area contributed by atoms with Gasteiger partial charge in [-0.25, -0.2) is 0 Å². The summed E-state index contributed by atoms with van der Waals surface area (Å²) < 4.78 is 0. The van der Waals surface area contributed by atoms with Crippen molar-refractivity contribution in [2.45, 2.75) is 6.04 Å². The van der Waals surface area contributed by atoms with E-state index in [1.807, 2.05) is 6.07 Å². The van der Waals surface area contributed by atoms with E-state index in [1.54, 1.807) is 16.3 Å². The molecule has 2 rings (SSSR count). The van der Waals surface area contributed by atoms with Crippen molar-refractivity contribution < 1.29 is 9.59 Å². The van der Waals surface area contributed by atoms with Crippen LogP contribution < -0.4 is 16.4 Å². The summed E-state index contributed by atoms with van der Waals surface area (Å²) in [5.74, 6) is -0.698. The molecule has 1 aliphatic heterocycles. The molecule has 0 aliphatic carbocycles. The molecule has 0 aromatic carbocycles. The summed E-state index contributed by atoms with van der Waals surface area (Å²) in [6, 6.07) is 3.18. The van der Waals surface area contributed by atoms with Crippen LogP contribution in [0.3, 0.4) is 0 Å². The lowest BCUT2D eigenvalue weighted by molar-refractivity contribution is -0.125. The highest BCUT2D eigenvalue weighted by atomic mass is 32.1. The Kier molecular flexibility index (Phi) is 4.68. The minimum Gasteiger partial charge on any atom is -0.368 e. The van der Waals surface area contributed by atoms with E-state index in [4.69, 9.17) is 11.0 Å². The standard InChI is InChI=1S/C12H15N5O2S/c13-5-8-1-4-20-12(8)16-10(18)7-17-3-2-15-6-9(17)11(14)19/h1,4,9,15H,2-3,6-7H2,(H2,14,19)(H,16,18). The lowest BCUT2D eigenvalue weighted by Crippen LogP contribution is -2.58. The van der Waals surface area contributed by atoms with Gasteiger partial charge in [0.15, 0.2) is 0 Å². The molecule has 20 heavy (non-hydrogen) atoms. The van der Waals surface area contributed by atoms with Crippen molar-refractivity contribution in [2.24, 2.45) is 5.73 Å². The van der Waals surface area contributed by atoms with Gasteiger partial charge in [0, 0.05) is 19.6 Å². The third-order valence-electron chi connectivity index (χ3n) is 3.07. The number of anilines is 1. The first-order chi connectivity index (χ1) is 9.61. The Morgan fingerprint density at radius 2 is 2.45 bits per heavy atom. The summed E-state index contributed by atoms with van der Waals surface area (Å²) in [7, 11) is 0. The fourth-order valence-electron chi connectivity index (χ4n) is 2.06. The van der Waals surface area contributed by atoms with Crippen LogP contribution in [0.15, 0.2) is 11.4 Å². The Labute approximate surface area is 120 Å². The maximum atomic E-state index is 12.0. The van der Waals surface area contributed by atoms with Crippen LogP contribution in [-0.2, 0) is 9.59 Å². The summed E-state index contributed by atoms with van der Waals surface area (Å²) >= 11 is 1.29. The number of piperazine rings is 1. The molecule has 2 heterocycles. The molecule has 1 aromatic rings. The SMILES string of the molecule is N#Cc1ccsc1NC(=O)CN1CCNCC1C(N)=O. The first-order valence-electron chi connectivity index (χ1n) is 6.13. The summed E-state index contributed by atoms with van der Waals surface area (Å²) in [5, 5.41) is 16.9. The number of amides is 2. The highest BCUT2D eigenvalue weighted by Gasteiger charge is 2.28. The largest absolute Gasteiger partial charge is 0.368 e. The molecule has 1 atom stereocenters. The van der Waals surface area contributed by atoms with Crippen LogP contribution in [0.5, 0.6) is 0 Å². The molecule has 0 saturated carbocycles.